The minimum absolute atomic E-state index is 0.0325. The van der Waals surface area contributed by atoms with Crippen molar-refractivity contribution in [3.8, 4) is 11.5 Å². The minimum atomic E-state index is -0.910. The van der Waals surface area contributed by atoms with Crippen LogP contribution in [0.25, 0.3) is 0 Å². The molecule has 1 aliphatic rings. The third-order valence-corrected chi connectivity index (χ3v) is 6.05. The average molecular weight is 474 g/mol. The summed E-state index contributed by atoms with van der Waals surface area (Å²) in [6.07, 6.45) is 0.978. The second-order valence-corrected chi connectivity index (χ2v) is 8.90. The Morgan fingerprint density at radius 2 is 1.43 bits per heavy atom. The molecule has 7 heteroatoms. The Morgan fingerprint density at radius 1 is 0.829 bits per heavy atom. The van der Waals surface area contributed by atoms with Crippen LogP contribution in [0.1, 0.15) is 27.9 Å². The largest absolute Gasteiger partial charge is 0.478 e. The van der Waals surface area contributed by atoms with Gasteiger partial charge in [-0.05, 0) is 80.5 Å². The number of anilines is 1. The number of rotatable bonds is 8. The summed E-state index contributed by atoms with van der Waals surface area (Å²) in [5.74, 6) is 0.554. The van der Waals surface area contributed by atoms with E-state index in [-0.39, 0.29) is 5.91 Å². The van der Waals surface area contributed by atoms with Gasteiger partial charge in [-0.2, -0.15) is 0 Å². The molecule has 0 aliphatic carbocycles. The summed E-state index contributed by atoms with van der Waals surface area (Å²) < 4.78 is 5.85. The predicted molar refractivity (Wildman–Crippen MR) is 136 cm³/mol. The number of benzene rings is 3. The predicted octanol–water partition coefficient (Wildman–Crippen LogP) is 4.63. The van der Waals surface area contributed by atoms with Gasteiger partial charge in [-0.15, -0.1) is 0 Å². The van der Waals surface area contributed by atoms with Crippen molar-refractivity contribution in [1.29, 1.82) is 0 Å². The first-order chi connectivity index (χ1) is 16.9. The first kappa shape index (κ1) is 24.4. The smallest absolute Gasteiger partial charge is 0.335 e. The molecule has 0 atom stereocenters. The number of nitrogens with one attached hydrogen (secondary N) is 1. The van der Waals surface area contributed by atoms with Crippen LogP contribution < -0.4 is 10.1 Å². The van der Waals surface area contributed by atoms with E-state index in [2.05, 4.69) is 15.1 Å². The maximum absolute atomic E-state index is 12.6. The lowest BCUT2D eigenvalue weighted by Gasteiger charge is -2.21. The maximum atomic E-state index is 12.6. The number of aryl methyl sites for hydroxylation is 1. The number of amides is 1. The number of nitrogens with zero attached hydrogens (tertiary/aromatic N) is 2. The van der Waals surface area contributed by atoms with Crippen molar-refractivity contribution in [2.75, 3.05) is 38.0 Å². The Hall–Kier alpha value is -3.68. The third-order valence-electron chi connectivity index (χ3n) is 6.05. The molecule has 0 aromatic heterocycles. The van der Waals surface area contributed by atoms with Gasteiger partial charge in [-0.3, -0.25) is 14.6 Å². The monoisotopic (exact) mass is 473 g/mol. The highest BCUT2D eigenvalue weighted by atomic mass is 16.5. The van der Waals surface area contributed by atoms with Gasteiger partial charge < -0.3 is 15.2 Å². The molecule has 1 amide bonds. The van der Waals surface area contributed by atoms with Gasteiger partial charge in [0.2, 0.25) is 5.91 Å². The van der Waals surface area contributed by atoms with Crippen molar-refractivity contribution < 1.29 is 19.4 Å². The number of carbonyl (C=O) groups is 2. The molecule has 4 rings (SSSR count). The van der Waals surface area contributed by atoms with Crippen LogP contribution >= 0.6 is 0 Å². The molecule has 35 heavy (non-hydrogen) atoms. The summed E-state index contributed by atoms with van der Waals surface area (Å²) in [6.45, 7) is 6.64. The summed E-state index contributed by atoms with van der Waals surface area (Å²) >= 11 is 0. The zero-order valence-corrected chi connectivity index (χ0v) is 19.9. The second kappa shape index (κ2) is 11.6. The molecule has 1 aliphatic heterocycles. The zero-order chi connectivity index (χ0) is 24.6. The van der Waals surface area contributed by atoms with Crippen LogP contribution in [0, 0.1) is 6.92 Å². The Labute approximate surface area is 205 Å². The molecule has 182 valence electrons. The summed E-state index contributed by atoms with van der Waals surface area (Å²) in [5, 5.41) is 12.0. The molecular formula is C28H31N3O4. The molecule has 0 radical (unpaired) electrons. The molecule has 1 fully saturated rings. The van der Waals surface area contributed by atoms with Gasteiger partial charge in [-0.25, -0.2) is 4.79 Å². The van der Waals surface area contributed by atoms with E-state index in [4.69, 9.17) is 9.84 Å². The standard InChI is InChI=1S/C28H31N3O4/c1-21-3-11-25(12-4-21)35-26-13-9-24(10-14-26)29-27(32)20-31-16-2-15-30(17-18-31)19-22-5-7-23(8-6-22)28(33)34/h3-14H,2,15-20H2,1H3,(H,29,32)(H,33,34). The number of ether oxygens (including phenoxy) is 1. The normalized spacial score (nSPS) is 14.8. The highest BCUT2D eigenvalue weighted by molar-refractivity contribution is 5.92. The molecule has 1 heterocycles. The van der Waals surface area contributed by atoms with Gasteiger partial charge in [0.15, 0.2) is 0 Å². The third kappa shape index (κ3) is 7.40. The van der Waals surface area contributed by atoms with Gasteiger partial charge >= 0.3 is 5.97 Å². The quantitative estimate of drug-likeness (QED) is 0.496. The fraction of sp³-hybridized carbons (Fsp3) is 0.286. The van der Waals surface area contributed by atoms with Crippen LogP contribution in [0.4, 0.5) is 5.69 Å². The highest BCUT2D eigenvalue weighted by Crippen LogP contribution is 2.23. The molecule has 0 spiro atoms. The van der Waals surface area contributed by atoms with Gasteiger partial charge in [0, 0.05) is 25.3 Å². The number of hydrogen-bond donors (Lipinski definition) is 2. The van der Waals surface area contributed by atoms with E-state index in [9.17, 15) is 9.59 Å². The van der Waals surface area contributed by atoms with Crippen molar-refractivity contribution in [3.05, 3.63) is 89.5 Å². The van der Waals surface area contributed by atoms with Crippen molar-refractivity contribution in [2.45, 2.75) is 19.9 Å². The van der Waals surface area contributed by atoms with Crippen LogP contribution in [0.2, 0.25) is 0 Å². The van der Waals surface area contributed by atoms with Crippen molar-refractivity contribution >= 4 is 17.6 Å². The molecule has 3 aromatic rings. The number of aromatic carboxylic acids is 1. The maximum Gasteiger partial charge on any atom is 0.335 e. The van der Waals surface area contributed by atoms with E-state index in [0.29, 0.717) is 12.1 Å². The lowest BCUT2D eigenvalue weighted by Crippen LogP contribution is -2.36. The van der Waals surface area contributed by atoms with Crippen molar-refractivity contribution in [3.63, 3.8) is 0 Å². The van der Waals surface area contributed by atoms with E-state index in [1.165, 1.54) is 5.56 Å². The molecule has 0 saturated carbocycles. The number of carboxylic acid groups (broad SMARTS) is 1. The van der Waals surface area contributed by atoms with E-state index in [1.54, 1.807) is 12.1 Å². The summed E-state index contributed by atoms with van der Waals surface area (Å²) in [7, 11) is 0. The first-order valence-corrected chi connectivity index (χ1v) is 11.9. The van der Waals surface area contributed by atoms with Crippen LogP contribution in [0.3, 0.4) is 0 Å². The Morgan fingerprint density at radius 3 is 2.09 bits per heavy atom. The lowest BCUT2D eigenvalue weighted by molar-refractivity contribution is -0.117. The molecular weight excluding hydrogens is 442 g/mol. The Kier molecular flexibility index (Phi) is 8.13. The topological polar surface area (TPSA) is 82.1 Å². The SMILES string of the molecule is Cc1ccc(Oc2ccc(NC(=O)CN3CCCN(Cc4ccc(C(=O)O)cc4)CC3)cc2)cc1. The number of carboxylic acids is 1. The fourth-order valence-corrected chi connectivity index (χ4v) is 4.10. The molecule has 7 nitrogen and oxygen atoms in total. The van der Waals surface area contributed by atoms with Crippen molar-refractivity contribution in [2.24, 2.45) is 0 Å². The highest BCUT2D eigenvalue weighted by Gasteiger charge is 2.17. The summed E-state index contributed by atoms with van der Waals surface area (Å²) in [5.41, 5.74) is 3.32. The Bertz CT molecular complexity index is 1130. The van der Waals surface area contributed by atoms with Gasteiger partial charge in [-0.1, -0.05) is 29.8 Å². The molecule has 0 bridgehead atoms. The lowest BCUT2D eigenvalue weighted by atomic mass is 10.1. The molecule has 3 aromatic carbocycles. The molecule has 0 unspecified atom stereocenters. The second-order valence-electron chi connectivity index (χ2n) is 8.90. The van der Waals surface area contributed by atoms with Crippen LogP contribution in [0.15, 0.2) is 72.8 Å². The molecule has 2 N–H and O–H groups in total. The van der Waals surface area contributed by atoms with Gasteiger partial charge in [0.25, 0.3) is 0 Å². The van der Waals surface area contributed by atoms with Crippen molar-refractivity contribution in [1.82, 2.24) is 9.80 Å². The van der Waals surface area contributed by atoms with Crippen LogP contribution in [-0.4, -0.2) is 59.5 Å². The van der Waals surface area contributed by atoms with Gasteiger partial charge in [0.1, 0.15) is 11.5 Å². The van der Waals surface area contributed by atoms with Crippen LogP contribution in [0.5, 0.6) is 11.5 Å². The van der Waals surface area contributed by atoms with E-state index >= 15 is 0 Å². The number of hydrogen-bond acceptors (Lipinski definition) is 5. The summed E-state index contributed by atoms with van der Waals surface area (Å²) in [6, 6.07) is 22.3. The van der Waals surface area contributed by atoms with E-state index in [0.717, 1.165) is 61.9 Å². The zero-order valence-electron chi connectivity index (χ0n) is 19.9. The summed E-state index contributed by atoms with van der Waals surface area (Å²) in [4.78, 5) is 28.2. The average Bonchev–Trinajstić information content (AvgIpc) is 3.07. The minimum Gasteiger partial charge on any atom is -0.478 e. The van der Waals surface area contributed by atoms with Crippen LogP contribution in [-0.2, 0) is 11.3 Å². The Balaban J connectivity index is 1.22. The fourth-order valence-electron chi connectivity index (χ4n) is 4.10. The first-order valence-electron chi connectivity index (χ1n) is 11.9. The molecule has 1 saturated heterocycles. The van der Waals surface area contributed by atoms with Gasteiger partial charge in [0.05, 0.1) is 12.1 Å². The number of carbonyl (C=O) groups excluding carboxylic acids is 1. The van der Waals surface area contributed by atoms with E-state index in [1.807, 2.05) is 67.6 Å². The van der Waals surface area contributed by atoms with E-state index < -0.39 is 5.97 Å².